The fraction of sp³-hybridized carbons (Fsp3) is 0.125. The number of benzene rings is 2. The van der Waals surface area contributed by atoms with Crippen LogP contribution in [0.2, 0.25) is 10.0 Å². The van der Waals surface area contributed by atoms with Crippen molar-refractivity contribution in [2.24, 2.45) is 0 Å². The number of hydrogen-bond donors (Lipinski definition) is 2. The van der Waals surface area contributed by atoms with E-state index >= 15 is 0 Å². The smallest absolute Gasteiger partial charge is 0.262 e. The van der Waals surface area contributed by atoms with Crippen LogP contribution in [-0.2, 0) is 9.59 Å². The van der Waals surface area contributed by atoms with Crippen molar-refractivity contribution in [2.75, 3.05) is 17.2 Å². The van der Waals surface area contributed by atoms with Crippen LogP contribution in [0.15, 0.2) is 36.4 Å². The second kappa shape index (κ2) is 7.99. The molecule has 0 spiro atoms. The molecule has 2 aromatic rings. The van der Waals surface area contributed by atoms with E-state index in [9.17, 15) is 14.0 Å². The number of anilines is 2. The highest BCUT2D eigenvalue weighted by Crippen LogP contribution is 2.26. The van der Waals surface area contributed by atoms with Gasteiger partial charge in [0.1, 0.15) is 11.6 Å². The summed E-state index contributed by atoms with van der Waals surface area (Å²) >= 11 is 11.6. The van der Waals surface area contributed by atoms with Crippen LogP contribution in [0.25, 0.3) is 0 Å². The number of hydrogen-bond acceptors (Lipinski definition) is 3. The highest BCUT2D eigenvalue weighted by molar-refractivity contribution is 6.42. The maximum absolute atomic E-state index is 13.7. The lowest BCUT2D eigenvalue weighted by molar-refractivity contribution is -0.118. The van der Waals surface area contributed by atoms with E-state index < -0.39 is 11.7 Å². The van der Waals surface area contributed by atoms with E-state index in [1.165, 1.54) is 31.2 Å². The first-order valence-corrected chi connectivity index (χ1v) is 7.55. The third-order valence-electron chi connectivity index (χ3n) is 2.82. The van der Waals surface area contributed by atoms with Gasteiger partial charge in [-0.1, -0.05) is 23.2 Å². The Morgan fingerprint density at radius 3 is 2.50 bits per heavy atom. The van der Waals surface area contributed by atoms with Crippen LogP contribution in [-0.4, -0.2) is 18.4 Å². The largest absolute Gasteiger partial charge is 0.484 e. The van der Waals surface area contributed by atoms with Gasteiger partial charge in [-0.05, 0) is 30.3 Å². The van der Waals surface area contributed by atoms with Crippen LogP contribution < -0.4 is 15.4 Å². The second-order valence-electron chi connectivity index (χ2n) is 4.79. The quantitative estimate of drug-likeness (QED) is 0.831. The van der Waals surface area contributed by atoms with Crippen molar-refractivity contribution in [3.8, 4) is 5.75 Å². The molecule has 0 bridgehead atoms. The van der Waals surface area contributed by atoms with Crippen molar-refractivity contribution < 1.29 is 18.7 Å². The van der Waals surface area contributed by atoms with E-state index in [0.717, 1.165) is 6.07 Å². The number of carbonyl (C=O) groups is 2. The lowest BCUT2D eigenvalue weighted by Crippen LogP contribution is -2.21. The van der Waals surface area contributed by atoms with Gasteiger partial charge >= 0.3 is 0 Å². The Bertz CT molecular complexity index is 784. The Morgan fingerprint density at radius 2 is 1.83 bits per heavy atom. The van der Waals surface area contributed by atoms with E-state index in [-0.39, 0.29) is 18.2 Å². The van der Waals surface area contributed by atoms with E-state index in [1.54, 1.807) is 6.07 Å². The first kappa shape index (κ1) is 18.0. The third-order valence-corrected chi connectivity index (χ3v) is 3.56. The van der Waals surface area contributed by atoms with Crippen LogP contribution >= 0.6 is 23.2 Å². The molecule has 0 radical (unpaired) electrons. The third kappa shape index (κ3) is 5.11. The van der Waals surface area contributed by atoms with Gasteiger partial charge in [0.05, 0.1) is 15.7 Å². The average Bonchev–Trinajstić information content (AvgIpc) is 2.51. The molecule has 0 atom stereocenters. The molecule has 0 fully saturated rings. The summed E-state index contributed by atoms with van der Waals surface area (Å²) in [5.74, 6) is -1.15. The fourth-order valence-corrected chi connectivity index (χ4v) is 2.09. The molecule has 126 valence electrons. The van der Waals surface area contributed by atoms with Gasteiger partial charge in [-0.15, -0.1) is 0 Å². The minimum atomic E-state index is -0.632. The second-order valence-corrected chi connectivity index (χ2v) is 5.60. The van der Waals surface area contributed by atoms with Crippen molar-refractivity contribution in [3.05, 3.63) is 52.3 Å². The average molecular weight is 371 g/mol. The molecule has 0 saturated carbocycles. The summed E-state index contributed by atoms with van der Waals surface area (Å²) in [5.41, 5.74) is 0.300. The molecule has 0 aromatic heterocycles. The molecule has 0 heterocycles. The van der Waals surface area contributed by atoms with Crippen LogP contribution in [0.5, 0.6) is 5.75 Å². The monoisotopic (exact) mass is 370 g/mol. The summed E-state index contributed by atoms with van der Waals surface area (Å²) in [6.45, 7) is 0.981. The molecule has 8 heteroatoms. The van der Waals surface area contributed by atoms with Crippen LogP contribution in [0, 0.1) is 5.82 Å². The molecule has 2 aromatic carbocycles. The predicted octanol–water partition coefficient (Wildman–Crippen LogP) is 4.11. The molecule has 5 nitrogen and oxygen atoms in total. The Kier molecular flexibility index (Phi) is 6.00. The Hall–Kier alpha value is -2.31. The molecule has 0 aliphatic rings. The standard InChI is InChI=1S/C16H13Cl2FN2O3/c1-9(22)20-10-2-5-14(19)15(6-10)21-16(23)8-24-11-3-4-12(17)13(18)7-11/h2-7H,8H2,1H3,(H,20,22)(H,21,23). The SMILES string of the molecule is CC(=O)Nc1ccc(F)c(NC(=O)COc2ccc(Cl)c(Cl)c2)c1. The molecule has 2 amide bonds. The lowest BCUT2D eigenvalue weighted by atomic mass is 10.2. The molecule has 0 saturated heterocycles. The molecule has 2 rings (SSSR count). The first-order chi connectivity index (χ1) is 11.3. The summed E-state index contributed by atoms with van der Waals surface area (Å²) < 4.78 is 19.0. The van der Waals surface area contributed by atoms with Crippen LogP contribution in [0.4, 0.5) is 15.8 Å². The number of amides is 2. The number of rotatable bonds is 5. The minimum absolute atomic E-state index is 0.0658. The fourth-order valence-electron chi connectivity index (χ4n) is 1.80. The summed E-state index contributed by atoms with van der Waals surface area (Å²) in [7, 11) is 0. The van der Waals surface area contributed by atoms with Crippen molar-refractivity contribution >= 4 is 46.4 Å². The number of halogens is 3. The van der Waals surface area contributed by atoms with Gasteiger partial charge in [-0.2, -0.15) is 0 Å². The molecule has 0 unspecified atom stereocenters. The van der Waals surface area contributed by atoms with Crippen molar-refractivity contribution in [3.63, 3.8) is 0 Å². The normalized spacial score (nSPS) is 10.2. The zero-order chi connectivity index (χ0) is 17.7. The Labute approximate surface area is 147 Å². The summed E-state index contributed by atoms with van der Waals surface area (Å²) in [6.07, 6.45) is 0. The van der Waals surface area contributed by atoms with Gasteiger partial charge in [0.15, 0.2) is 6.61 Å². The maximum Gasteiger partial charge on any atom is 0.262 e. The van der Waals surface area contributed by atoms with E-state index in [2.05, 4.69) is 10.6 Å². The zero-order valence-electron chi connectivity index (χ0n) is 12.5. The van der Waals surface area contributed by atoms with Crippen molar-refractivity contribution in [1.29, 1.82) is 0 Å². The van der Waals surface area contributed by atoms with Gasteiger partial charge in [-0.3, -0.25) is 9.59 Å². The Balaban J connectivity index is 1.98. The first-order valence-electron chi connectivity index (χ1n) is 6.80. The van der Waals surface area contributed by atoms with Gasteiger partial charge < -0.3 is 15.4 Å². The minimum Gasteiger partial charge on any atom is -0.484 e. The molecule has 2 N–H and O–H groups in total. The van der Waals surface area contributed by atoms with Crippen molar-refractivity contribution in [2.45, 2.75) is 6.92 Å². The predicted molar refractivity (Wildman–Crippen MR) is 91.3 cm³/mol. The van der Waals surface area contributed by atoms with Gasteiger partial charge in [0.25, 0.3) is 5.91 Å². The van der Waals surface area contributed by atoms with E-state index in [0.29, 0.717) is 21.5 Å². The molecule has 24 heavy (non-hydrogen) atoms. The number of ether oxygens (including phenoxy) is 1. The topological polar surface area (TPSA) is 67.4 Å². The van der Waals surface area contributed by atoms with Crippen molar-refractivity contribution in [1.82, 2.24) is 0 Å². The van der Waals surface area contributed by atoms with E-state index in [4.69, 9.17) is 27.9 Å². The number of nitrogens with one attached hydrogen (secondary N) is 2. The van der Waals surface area contributed by atoms with E-state index in [1.807, 2.05) is 0 Å². The van der Waals surface area contributed by atoms with Gasteiger partial charge in [0, 0.05) is 18.7 Å². The molecular formula is C16H13Cl2FN2O3. The number of carbonyl (C=O) groups excluding carboxylic acids is 2. The summed E-state index contributed by atoms with van der Waals surface area (Å²) in [4.78, 5) is 22.9. The van der Waals surface area contributed by atoms with Gasteiger partial charge in [-0.25, -0.2) is 4.39 Å². The van der Waals surface area contributed by atoms with Crippen LogP contribution in [0.3, 0.4) is 0 Å². The highest BCUT2D eigenvalue weighted by atomic mass is 35.5. The maximum atomic E-state index is 13.7. The molecule has 0 aliphatic heterocycles. The molecular weight excluding hydrogens is 358 g/mol. The zero-order valence-corrected chi connectivity index (χ0v) is 14.0. The van der Waals surface area contributed by atoms with Gasteiger partial charge in [0.2, 0.25) is 5.91 Å². The Morgan fingerprint density at radius 1 is 1.08 bits per heavy atom. The van der Waals surface area contributed by atoms with Crippen LogP contribution in [0.1, 0.15) is 6.92 Å². The summed E-state index contributed by atoms with van der Waals surface area (Å²) in [5, 5.41) is 5.53. The molecule has 0 aliphatic carbocycles. The summed E-state index contributed by atoms with van der Waals surface area (Å²) in [6, 6.07) is 8.40. The highest BCUT2D eigenvalue weighted by Gasteiger charge is 2.10. The lowest BCUT2D eigenvalue weighted by Gasteiger charge is -2.10.